The highest BCUT2D eigenvalue weighted by Gasteiger charge is 2.22. The number of carboxylic acids is 1. The van der Waals surface area contributed by atoms with Crippen molar-refractivity contribution >= 4 is 5.97 Å². The quantitative estimate of drug-likeness (QED) is 0.860. The van der Waals surface area contributed by atoms with Gasteiger partial charge in [-0.05, 0) is 31.0 Å². The lowest BCUT2D eigenvalue weighted by Gasteiger charge is -2.22. The van der Waals surface area contributed by atoms with Gasteiger partial charge in [0.25, 0.3) is 0 Å². The fraction of sp³-hybridized carbons (Fsp3) is 0.462. The fourth-order valence-corrected chi connectivity index (χ4v) is 1.81. The van der Waals surface area contributed by atoms with Crippen LogP contribution in [0.5, 0.6) is 0 Å². The summed E-state index contributed by atoms with van der Waals surface area (Å²) in [4.78, 5) is 10.8. The van der Waals surface area contributed by atoms with E-state index in [-0.39, 0.29) is 24.3 Å². The van der Waals surface area contributed by atoms with E-state index < -0.39 is 5.97 Å². The molecule has 0 aromatic heterocycles. The molecule has 0 aliphatic carbocycles. The Morgan fingerprint density at radius 1 is 1.53 bits per heavy atom. The summed E-state index contributed by atoms with van der Waals surface area (Å²) in [6.07, 6.45) is -0.254. The van der Waals surface area contributed by atoms with Crippen LogP contribution in [0, 0.1) is 12.7 Å². The molecule has 0 amide bonds. The molecule has 0 heterocycles. The lowest BCUT2D eigenvalue weighted by Crippen LogP contribution is -2.20. The first-order valence-corrected chi connectivity index (χ1v) is 5.46. The average molecular weight is 240 g/mol. The molecular weight excluding hydrogens is 223 g/mol. The highest BCUT2D eigenvalue weighted by molar-refractivity contribution is 5.68. The van der Waals surface area contributed by atoms with Crippen LogP contribution in [-0.4, -0.2) is 24.3 Å². The molecule has 0 aliphatic rings. The average Bonchev–Trinajstić information content (AvgIpc) is 2.28. The largest absolute Gasteiger partial charge is 0.481 e. The molecule has 0 saturated heterocycles. The normalized spacial score (nSPS) is 14.4. The van der Waals surface area contributed by atoms with Gasteiger partial charge in [0, 0.05) is 13.0 Å². The minimum Gasteiger partial charge on any atom is -0.481 e. The maximum Gasteiger partial charge on any atom is 0.304 e. The van der Waals surface area contributed by atoms with Crippen LogP contribution in [0.25, 0.3) is 0 Å². The Bertz CT molecular complexity index is 404. The second kappa shape index (κ2) is 5.77. The molecule has 0 fully saturated rings. The van der Waals surface area contributed by atoms with E-state index in [2.05, 4.69) is 0 Å². The fourth-order valence-electron chi connectivity index (χ4n) is 1.81. The molecule has 0 saturated carbocycles. The molecule has 2 unspecified atom stereocenters. The SMILES string of the molecule is COC(C)C(CC(=O)O)c1ccc(F)c(C)c1. The Balaban J connectivity index is 3.03. The number of hydrogen-bond donors (Lipinski definition) is 1. The maximum absolute atomic E-state index is 13.2. The Labute approximate surface area is 100 Å². The lowest BCUT2D eigenvalue weighted by atomic mass is 9.90. The van der Waals surface area contributed by atoms with E-state index in [1.165, 1.54) is 13.2 Å². The van der Waals surface area contributed by atoms with Crippen LogP contribution >= 0.6 is 0 Å². The van der Waals surface area contributed by atoms with Crippen LogP contribution in [0.4, 0.5) is 4.39 Å². The van der Waals surface area contributed by atoms with Crippen molar-refractivity contribution in [2.75, 3.05) is 7.11 Å². The zero-order chi connectivity index (χ0) is 13.0. The first-order valence-electron chi connectivity index (χ1n) is 5.46. The van der Waals surface area contributed by atoms with Crippen molar-refractivity contribution in [3.8, 4) is 0 Å². The number of halogens is 1. The number of ether oxygens (including phenoxy) is 1. The summed E-state index contributed by atoms with van der Waals surface area (Å²) in [6, 6.07) is 4.66. The Hall–Kier alpha value is -1.42. The molecule has 1 N–H and O–H groups in total. The molecule has 0 spiro atoms. The summed E-state index contributed by atoms with van der Waals surface area (Å²) in [6.45, 7) is 3.47. The van der Waals surface area contributed by atoms with Gasteiger partial charge in [0.1, 0.15) is 5.82 Å². The van der Waals surface area contributed by atoms with Crippen molar-refractivity contribution < 1.29 is 19.0 Å². The second-order valence-electron chi connectivity index (χ2n) is 4.15. The number of methoxy groups -OCH3 is 1. The molecule has 3 nitrogen and oxygen atoms in total. The highest BCUT2D eigenvalue weighted by atomic mass is 19.1. The van der Waals surface area contributed by atoms with Gasteiger partial charge in [0.05, 0.1) is 12.5 Å². The zero-order valence-electron chi connectivity index (χ0n) is 10.2. The monoisotopic (exact) mass is 240 g/mol. The molecular formula is C13H17FO3. The van der Waals surface area contributed by atoms with Crippen molar-refractivity contribution in [2.45, 2.75) is 32.3 Å². The predicted octanol–water partition coefficient (Wildman–Crippen LogP) is 2.73. The summed E-state index contributed by atoms with van der Waals surface area (Å²) in [7, 11) is 1.54. The van der Waals surface area contributed by atoms with Gasteiger partial charge >= 0.3 is 5.97 Å². The first kappa shape index (κ1) is 13.6. The number of carboxylic acid groups (broad SMARTS) is 1. The van der Waals surface area contributed by atoms with Crippen LogP contribution in [0.3, 0.4) is 0 Å². The van der Waals surface area contributed by atoms with Gasteiger partial charge in [0.2, 0.25) is 0 Å². The van der Waals surface area contributed by atoms with Crippen LogP contribution in [-0.2, 0) is 9.53 Å². The van der Waals surface area contributed by atoms with Crippen molar-refractivity contribution in [3.05, 3.63) is 35.1 Å². The smallest absolute Gasteiger partial charge is 0.304 e. The molecule has 0 aliphatic heterocycles. The number of hydrogen-bond acceptors (Lipinski definition) is 2. The van der Waals surface area contributed by atoms with Crippen molar-refractivity contribution in [2.24, 2.45) is 0 Å². The van der Waals surface area contributed by atoms with Crippen LogP contribution < -0.4 is 0 Å². The Morgan fingerprint density at radius 2 is 2.18 bits per heavy atom. The first-order chi connectivity index (χ1) is 7.95. The maximum atomic E-state index is 13.2. The van der Waals surface area contributed by atoms with E-state index in [1.54, 1.807) is 19.1 Å². The number of benzene rings is 1. The molecule has 1 aromatic carbocycles. The molecule has 2 atom stereocenters. The van der Waals surface area contributed by atoms with Gasteiger partial charge in [-0.15, -0.1) is 0 Å². The van der Waals surface area contributed by atoms with Crippen molar-refractivity contribution in [1.29, 1.82) is 0 Å². The number of aryl methyl sites for hydroxylation is 1. The summed E-state index contributed by atoms with van der Waals surface area (Å²) >= 11 is 0. The van der Waals surface area contributed by atoms with E-state index >= 15 is 0 Å². The molecule has 1 aromatic rings. The zero-order valence-corrected chi connectivity index (χ0v) is 10.2. The van der Waals surface area contributed by atoms with E-state index in [0.29, 0.717) is 5.56 Å². The lowest BCUT2D eigenvalue weighted by molar-refractivity contribution is -0.138. The summed E-state index contributed by atoms with van der Waals surface area (Å²) in [5.74, 6) is -1.44. The van der Waals surface area contributed by atoms with Gasteiger partial charge in [0.15, 0.2) is 0 Å². The summed E-state index contributed by atoms with van der Waals surface area (Å²) in [5, 5.41) is 8.88. The van der Waals surface area contributed by atoms with Gasteiger partial charge in [-0.1, -0.05) is 12.1 Å². The van der Waals surface area contributed by atoms with Crippen molar-refractivity contribution in [1.82, 2.24) is 0 Å². The van der Waals surface area contributed by atoms with Crippen LogP contribution in [0.2, 0.25) is 0 Å². The van der Waals surface area contributed by atoms with E-state index in [1.807, 2.05) is 6.92 Å². The van der Waals surface area contributed by atoms with Crippen molar-refractivity contribution in [3.63, 3.8) is 0 Å². The Kier molecular flexibility index (Phi) is 4.63. The van der Waals surface area contributed by atoms with Gasteiger partial charge in [-0.25, -0.2) is 4.39 Å². The standard InChI is InChI=1S/C13H17FO3/c1-8-6-10(4-5-12(8)14)11(7-13(15)16)9(2)17-3/h4-6,9,11H,7H2,1-3H3,(H,15,16). The highest BCUT2D eigenvalue weighted by Crippen LogP contribution is 2.26. The number of carbonyl (C=O) groups is 1. The topological polar surface area (TPSA) is 46.5 Å². The Morgan fingerprint density at radius 3 is 2.65 bits per heavy atom. The third-order valence-electron chi connectivity index (χ3n) is 2.94. The molecule has 94 valence electrons. The van der Waals surface area contributed by atoms with Crippen LogP contribution in [0.15, 0.2) is 18.2 Å². The van der Waals surface area contributed by atoms with E-state index in [9.17, 15) is 9.18 Å². The summed E-state index contributed by atoms with van der Waals surface area (Å²) in [5.41, 5.74) is 1.31. The molecule has 0 radical (unpaired) electrons. The van der Waals surface area contributed by atoms with Gasteiger partial charge < -0.3 is 9.84 Å². The number of rotatable bonds is 5. The predicted molar refractivity (Wildman–Crippen MR) is 62.6 cm³/mol. The van der Waals surface area contributed by atoms with E-state index in [4.69, 9.17) is 9.84 Å². The molecule has 0 bridgehead atoms. The van der Waals surface area contributed by atoms with Gasteiger partial charge in [-0.2, -0.15) is 0 Å². The minimum absolute atomic E-state index is 0.0277. The molecule has 17 heavy (non-hydrogen) atoms. The number of aliphatic carboxylic acids is 1. The third kappa shape index (κ3) is 3.53. The summed E-state index contributed by atoms with van der Waals surface area (Å²) < 4.78 is 18.3. The van der Waals surface area contributed by atoms with E-state index in [0.717, 1.165) is 5.56 Å². The second-order valence-corrected chi connectivity index (χ2v) is 4.15. The molecule has 4 heteroatoms. The molecule has 1 rings (SSSR count). The minimum atomic E-state index is -0.888. The third-order valence-corrected chi connectivity index (χ3v) is 2.94. The van der Waals surface area contributed by atoms with Gasteiger partial charge in [-0.3, -0.25) is 4.79 Å². The van der Waals surface area contributed by atoms with Crippen LogP contribution in [0.1, 0.15) is 30.4 Å².